The fraction of sp³-hybridized carbons (Fsp3) is 0.438. The van der Waals surface area contributed by atoms with Gasteiger partial charge in [-0.2, -0.15) is 5.26 Å². The smallest absolute Gasteiger partial charge is 0.273 e. The Hall–Kier alpha value is -2.31. The lowest BCUT2D eigenvalue weighted by atomic mass is 9.90. The van der Waals surface area contributed by atoms with Gasteiger partial charge < -0.3 is 9.88 Å². The van der Waals surface area contributed by atoms with Crippen LogP contribution in [0.3, 0.4) is 0 Å². The van der Waals surface area contributed by atoms with Crippen molar-refractivity contribution in [2.45, 2.75) is 39.4 Å². The number of rotatable bonds is 6. The molecule has 0 spiro atoms. The van der Waals surface area contributed by atoms with Crippen molar-refractivity contribution in [3.05, 3.63) is 33.3 Å². The van der Waals surface area contributed by atoms with Crippen molar-refractivity contribution in [2.24, 2.45) is 5.92 Å². The summed E-state index contributed by atoms with van der Waals surface area (Å²) in [4.78, 5) is 29.1. The summed E-state index contributed by atoms with van der Waals surface area (Å²) in [6.45, 7) is 9.26. The second-order valence-corrected chi connectivity index (χ2v) is 7.76. The zero-order valence-electron chi connectivity index (χ0n) is 14.3. The standard InChI is InChI=1S/C16H19N5O2S2/c1-5-6-21-13-12(25-15(21)24)14(23)20(9-18-13)7-11(22)19-16(4,8-17)10(2)3/h5,9-10H,1,6-7H2,2-4H3,(H,19,22). The van der Waals surface area contributed by atoms with Gasteiger partial charge in [-0.05, 0) is 25.1 Å². The van der Waals surface area contributed by atoms with Gasteiger partial charge in [0.2, 0.25) is 5.91 Å². The van der Waals surface area contributed by atoms with Crippen LogP contribution in [0.4, 0.5) is 0 Å². The van der Waals surface area contributed by atoms with Gasteiger partial charge in [0, 0.05) is 6.54 Å². The highest BCUT2D eigenvalue weighted by molar-refractivity contribution is 7.73. The Balaban J connectivity index is 2.34. The number of carbonyl (C=O) groups excluding carboxylic acids is 1. The zero-order chi connectivity index (χ0) is 18.8. The number of amides is 1. The van der Waals surface area contributed by atoms with Crippen molar-refractivity contribution >= 4 is 39.8 Å². The van der Waals surface area contributed by atoms with Crippen LogP contribution in [-0.2, 0) is 17.9 Å². The molecule has 0 bridgehead atoms. The first-order chi connectivity index (χ1) is 11.7. The van der Waals surface area contributed by atoms with E-state index in [1.165, 1.54) is 10.9 Å². The van der Waals surface area contributed by atoms with Crippen LogP contribution in [0.15, 0.2) is 23.8 Å². The normalized spacial score (nSPS) is 13.4. The lowest BCUT2D eigenvalue weighted by Gasteiger charge is -2.27. The molecule has 1 amide bonds. The lowest BCUT2D eigenvalue weighted by Crippen LogP contribution is -2.50. The molecule has 0 fully saturated rings. The van der Waals surface area contributed by atoms with Crippen molar-refractivity contribution in [3.8, 4) is 6.07 Å². The van der Waals surface area contributed by atoms with Crippen LogP contribution < -0.4 is 10.9 Å². The maximum Gasteiger partial charge on any atom is 0.273 e. The van der Waals surface area contributed by atoms with E-state index in [0.717, 1.165) is 11.3 Å². The van der Waals surface area contributed by atoms with Crippen LogP contribution >= 0.6 is 23.6 Å². The number of nitrogens with one attached hydrogen (secondary N) is 1. The van der Waals surface area contributed by atoms with E-state index < -0.39 is 11.4 Å². The largest absolute Gasteiger partial charge is 0.336 e. The molecule has 2 heterocycles. The van der Waals surface area contributed by atoms with Gasteiger partial charge in [0.1, 0.15) is 23.1 Å². The minimum atomic E-state index is -0.998. The maximum atomic E-state index is 12.6. The van der Waals surface area contributed by atoms with Gasteiger partial charge in [-0.3, -0.25) is 14.2 Å². The topological polar surface area (TPSA) is 92.7 Å². The van der Waals surface area contributed by atoms with Gasteiger partial charge in [-0.25, -0.2) is 4.98 Å². The van der Waals surface area contributed by atoms with Crippen molar-refractivity contribution in [1.29, 1.82) is 5.26 Å². The van der Waals surface area contributed by atoms with Crippen molar-refractivity contribution in [3.63, 3.8) is 0 Å². The van der Waals surface area contributed by atoms with Crippen LogP contribution in [0.1, 0.15) is 20.8 Å². The molecular formula is C16H19N5O2S2. The first kappa shape index (κ1) is 19.0. The summed E-state index contributed by atoms with van der Waals surface area (Å²) in [6, 6.07) is 2.10. The molecule has 132 valence electrons. The first-order valence-corrected chi connectivity index (χ1v) is 8.88. The van der Waals surface area contributed by atoms with E-state index in [1.807, 2.05) is 13.8 Å². The van der Waals surface area contributed by atoms with Gasteiger partial charge in [-0.15, -0.1) is 6.58 Å². The van der Waals surface area contributed by atoms with E-state index in [0.29, 0.717) is 20.8 Å². The molecule has 1 unspecified atom stereocenters. The van der Waals surface area contributed by atoms with Crippen LogP contribution in [0.25, 0.3) is 10.3 Å². The minimum Gasteiger partial charge on any atom is -0.336 e. The number of aromatic nitrogens is 3. The number of nitrogens with zero attached hydrogens (tertiary/aromatic N) is 4. The Morgan fingerprint density at radius 2 is 2.32 bits per heavy atom. The molecule has 1 atom stereocenters. The molecule has 1 N–H and O–H groups in total. The van der Waals surface area contributed by atoms with Crippen molar-refractivity contribution in [1.82, 2.24) is 19.4 Å². The average molecular weight is 377 g/mol. The molecule has 0 saturated heterocycles. The van der Waals surface area contributed by atoms with Crippen LogP contribution in [0.5, 0.6) is 0 Å². The highest BCUT2D eigenvalue weighted by Crippen LogP contribution is 2.18. The third-order valence-corrected chi connectivity index (χ3v) is 5.48. The van der Waals surface area contributed by atoms with E-state index in [4.69, 9.17) is 12.2 Å². The number of carbonyl (C=O) groups is 1. The summed E-state index contributed by atoms with van der Waals surface area (Å²) in [5.74, 6) is -0.494. The van der Waals surface area contributed by atoms with Crippen molar-refractivity contribution in [2.75, 3.05) is 0 Å². The van der Waals surface area contributed by atoms with E-state index >= 15 is 0 Å². The zero-order valence-corrected chi connectivity index (χ0v) is 15.9. The van der Waals surface area contributed by atoms with Crippen LogP contribution in [-0.4, -0.2) is 25.6 Å². The molecule has 0 radical (unpaired) electrons. The molecule has 9 heteroatoms. The predicted octanol–water partition coefficient (Wildman–Crippen LogP) is 2.23. The van der Waals surface area contributed by atoms with Crippen LogP contribution in [0, 0.1) is 21.2 Å². The Kier molecular flexibility index (Phi) is 5.55. The fourth-order valence-corrected chi connectivity index (χ4v) is 3.48. The second kappa shape index (κ2) is 7.29. The van der Waals surface area contributed by atoms with Crippen molar-refractivity contribution < 1.29 is 4.79 Å². The maximum absolute atomic E-state index is 12.6. The first-order valence-electron chi connectivity index (χ1n) is 7.65. The van der Waals surface area contributed by atoms with Gasteiger partial charge in [0.15, 0.2) is 9.60 Å². The third kappa shape index (κ3) is 3.70. The van der Waals surface area contributed by atoms with Gasteiger partial charge in [-0.1, -0.05) is 31.3 Å². The molecule has 25 heavy (non-hydrogen) atoms. The lowest BCUT2D eigenvalue weighted by molar-refractivity contribution is -0.123. The summed E-state index contributed by atoms with van der Waals surface area (Å²) in [7, 11) is 0. The molecule has 0 aliphatic heterocycles. The van der Waals surface area contributed by atoms with Crippen LogP contribution in [0.2, 0.25) is 0 Å². The highest BCUT2D eigenvalue weighted by atomic mass is 32.1. The second-order valence-electron chi connectivity index (χ2n) is 6.11. The Bertz CT molecular complexity index is 979. The number of allylic oxidation sites excluding steroid dienone is 1. The molecule has 2 rings (SSSR count). The number of thiazole rings is 1. The van der Waals surface area contributed by atoms with E-state index in [-0.39, 0.29) is 18.0 Å². The molecule has 7 nitrogen and oxygen atoms in total. The molecule has 2 aromatic rings. The summed E-state index contributed by atoms with van der Waals surface area (Å²) in [5.41, 5.74) is -0.843. The highest BCUT2D eigenvalue weighted by Gasteiger charge is 2.30. The summed E-state index contributed by atoms with van der Waals surface area (Å²) < 4.78 is 3.87. The molecular weight excluding hydrogens is 358 g/mol. The minimum absolute atomic E-state index is 0.0725. The molecule has 0 aliphatic rings. The third-order valence-electron chi connectivity index (χ3n) is 4.05. The van der Waals surface area contributed by atoms with E-state index in [2.05, 4.69) is 22.9 Å². The number of nitriles is 1. The van der Waals surface area contributed by atoms with E-state index in [1.54, 1.807) is 17.6 Å². The number of hydrogen-bond donors (Lipinski definition) is 1. The summed E-state index contributed by atoms with van der Waals surface area (Å²) in [5, 5.41) is 12.0. The molecule has 0 aromatic carbocycles. The monoisotopic (exact) mass is 377 g/mol. The van der Waals surface area contributed by atoms with Gasteiger partial charge >= 0.3 is 0 Å². The predicted molar refractivity (Wildman–Crippen MR) is 99.9 cm³/mol. The molecule has 0 saturated carbocycles. The summed E-state index contributed by atoms with van der Waals surface area (Å²) in [6.07, 6.45) is 3.00. The average Bonchev–Trinajstić information content (AvgIpc) is 2.87. The SMILES string of the molecule is C=CCn1c(=S)sc2c(=O)n(CC(=O)NC(C)(C#N)C(C)C)cnc21. The fourth-order valence-electron chi connectivity index (χ4n) is 2.16. The quantitative estimate of drug-likeness (QED) is 0.615. The Morgan fingerprint density at radius 1 is 1.64 bits per heavy atom. The van der Waals surface area contributed by atoms with Gasteiger partial charge in [0.05, 0.1) is 6.07 Å². The number of hydrogen-bond acceptors (Lipinski definition) is 6. The number of fused-ring (bicyclic) bond motifs is 1. The Morgan fingerprint density at radius 3 is 2.88 bits per heavy atom. The van der Waals surface area contributed by atoms with Gasteiger partial charge in [0.25, 0.3) is 5.56 Å². The molecule has 0 aliphatic carbocycles. The summed E-state index contributed by atoms with van der Waals surface area (Å²) >= 11 is 6.41. The van der Waals surface area contributed by atoms with E-state index in [9.17, 15) is 14.9 Å². The Labute approximate surface area is 154 Å². The molecule has 2 aromatic heterocycles.